The van der Waals surface area contributed by atoms with Crippen molar-refractivity contribution in [3.63, 3.8) is 0 Å². The number of carbonyl (C=O) groups excluding carboxylic acids is 1. The molecule has 0 aromatic heterocycles. The normalized spacial score (nSPS) is 15.1. The number of methoxy groups -OCH3 is 1. The minimum atomic E-state index is -0.00976. The number of hydrogen-bond donors (Lipinski definition) is 2. The van der Waals surface area contributed by atoms with Crippen LogP contribution in [0.3, 0.4) is 0 Å². The highest BCUT2D eigenvalue weighted by molar-refractivity contribution is 5.85. The molecule has 0 heterocycles. The maximum atomic E-state index is 12.4. The van der Waals surface area contributed by atoms with E-state index in [1.54, 1.807) is 7.11 Å². The van der Waals surface area contributed by atoms with Crippen molar-refractivity contribution in [3.05, 3.63) is 23.8 Å². The molecule has 1 aromatic rings. The quantitative estimate of drug-likeness (QED) is 0.572. The fourth-order valence-electron chi connectivity index (χ4n) is 3.64. The van der Waals surface area contributed by atoms with Gasteiger partial charge in [0.2, 0.25) is 5.91 Å². The number of nitrogens with one attached hydrogen (secondary N) is 1. The lowest BCUT2D eigenvalue weighted by molar-refractivity contribution is -0.124. The van der Waals surface area contributed by atoms with E-state index in [0.717, 1.165) is 30.7 Å². The van der Waals surface area contributed by atoms with Crippen LogP contribution >= 0.6 is 24.8 Å². The molecule has 6 nitrogen and oxygen atoms in total. The Morgan fingerprint density at radius 3 is 2.45 bits per heavy atom. The molecule has 1 saturated carbocycles. The summed E-state index contributed by atoms with van der Waals surface area (Å²) in [7, 11) is 5.65. The Balaban J connectivity index is 0.00000392. The molecule has 29 heavy (non-hydrogen) atoms. The molecule has 0 bridgehead atoms. The van der Waals surface area contributed by atoms with Crippen LogP contribution in [0.2, 0.25) is 0 Å². The lowest BCUT2D eigenvalue weighted by Crippen LogP contribution is -2.38. The maximum absolute atomic E-state index is 12.4. The molecule has 1 aromatic carbocycles. The van der Waals surface area contributed by atoms with Crippen LogP contribution < -0.4 is 20.5 Å². The Kier molecular flexibility index (Phi) is 13.3. The number of benzene rings is 1. The minimum Gasteiger partial charge on any atom is -0.493 e. The monoisotopic (exact) mass is 449 g/mol. The number of hydrogen-bond acceptors (Lipinski definition) is 5. The SMILES string of the molecule is COc1cc(CNC(=O)CC2(CN)CCCCC2)ccc1OCCN(C)C.Cl.Cl. The summed E-state index contributed by atoms with van der Waals surface area (Å²) < 4.78 is 11.2. The summed E-state index contributed by atoms with van der Waals surface area (Å²) in [5, 5.41) is 3.04. The fourth-order valence-corrected chi connectivity index (χ4v) is 3.64. The summed E-state index contributed by atoms with van der Waals surface area (Å²) in [6.45, 7) is 2.51. The Labute approximate surface area is 187 Å². The van der Waals surface area contributed by atoms with E-state index in [-0.39, 0.29) is 36.1 Å². The van der Waals surface area contributed by atoms with Gasteiger partial charge in [-0.15, -0.1) is 24.8 Å². The first-order valence-electron chi connectivity index (χ1n) is 9.89. The van der Waals surface area contributed by atoms with Crippen molar-refractivity contribution in [1.82, 2.24) is 10.2 Å². The number of ether oxygens (including phenoxy) is 2. The Morgan fingerprint density at radius 2 is 1.86 bits per heavy atom. The third kappa shape index (κ3) is 8.99. The maximum Gasteiger partial charge on any atom is 0.220 e. The second-order valence-corrected chi connectivity index (χ2v) is 7.86. The van der Waals surface area contributed by atoms with Gasteiger partial charge in [0.25, 0.3) is 0 Å². The van der Waals surface area contributed by atoms with Crippen LogP contribution in [0.4, 0.5) is 0 Å². The van der Waals surface area contributed by atoms with E-state index in [1.165, 1.54) is 19.3 Å². The first kappa shape index (κ1) is 27.8. The predicted octanol–water partition coefficient (Wildman–Crippen LogP) is 3.39. The summed E-state index contributed by atoms with van der Waals surface area (Å²) >= 11 is 0. The van der Waals surface area contributed by atoms with Gasteiger partial charge in [0.15, 0.2) is 11.5 Å². The third-order valence-corrected chi connectivity index (χ3v) is 5.40. The highest BCUT2D eigenvalue weighted by Crippen LogP contribution is 2.38. The summed E-state index contributed by atoms with van der Waals surface area (Å²) in [6.07, 6.45) is 6.25. The predicted molar refractivity (Wildman–Crippen MR) is 123 cm³/mol. The van der Waals surface area contributed by atoms with Gasteiger partial charge in [-0.1, -0.05) is 25.3 Å². The van der Waals surface area contributed by atoms with E-state index >= 15 is 0 Å². The molecule has 1 amide bonds. The second kappa shape index (κ2) is 13.9. The van der Waals surface area contributed by atoms with E-state index in [2.05, 4.69) is 10.2 Å². The van der Waals surface area contributed by atoms with E-state index in [0.29, 0.717) is 31.9 Å². The molecule has 0 unspecified atom stereocenters. The van der Waals surface area contributed by atoms with Crippen LogP contribution in [0, 0.1) is 5.41 Å². The average molecular weight is 450 g/mol. The minimum absolute atomic E-state index is 0. The van der Waals surface area contributed by atoms with Crippen LogP contribution in [-0.4, -0.2) is 51.7 Å². The van der Waals surface area contributed by atoms with Crippen molar-refractivity contribution in [2.45, 2.75) is 45.1 Å². The third-order valence-electron chi connectivity index (χ3n) is 5.40. The zero-order chi connectivity index (χ0) is 19.7. The van der Waals surface area contributed by atoms with Crippen LogP contribution in [-0.2, 0) is 11.3 Å². The molecule has 1 fully saturated rings. The van der Waals surface area contributed by atoms with Gasteiger partial charge in [0, 0.05) is 19.5 Å². The highest BCUT2D eigenvalue weighted by Gasteiger charge is 2.32. The van der Waals surface area contributed by atoms with Crippen molar-refractivity contribution >= 4 is 30.7 Å². The van der Waals surface area contributed by atoms with E-state index in [1.807, 2.05) is 32.3 Å². The molecule has 3 N–H and O–H groups in total. The number of carbonyl (C=O) groups is 1. The van der Waals surface area contributed by atoms with Gasteiger partial charge in [-0.05, 0) is 56.6 Å². The number of nitrogens with zero attached hydrogens (tertiary/aromatic N) is 1. The van der Waals surface area contributed by atoms with Crippen molar-refractivity contribution in [3.8, 4) is 11.5 Å². The Bertz CT molecular complexity index is 609. The van der Waals surface area contributed by atoms with Crippen LogP contribution in [0.25, 0.3) is 0 Å². The molecule has 1 aliphatic carbocycles. The molecule has 0 radical (unpaired) electrons. The Hall–Kier alpha value is -1.21. The fraction of sp³-hybridized carbons (Fsp3) is 0.667. The summed E-state index contributed by atoms with van der Waals surface area (Å²) in [5.41, 5.74) is 6.97. The number of nitrogens with two attached hydrogens (primary N) is 1. The van der Waals surface area contributed by atoms with E-state index in [9.17, 15) is 4.79 Å². The molecule has 2 rings (SSSR count). The number of rotatable bonds is 10. The molecule has 0 atom stereocenters. The zero-order valence-electron chi connectivity index (χ0n) is 17.9. The first-order valence-corrected chi connectivity index (χ1v) is 9.89. The Morgan fingerprint density at radius 1 is 1.17 bits per heavy atom. The van der Waals surface area contributed by atoms with Crippen molar-refractivity contribution in [2.24, 2.45) is 11.1 Å². The van der Waals surface area contributed by atoms with Crippen LogP contribution in [0.15, 0.2) is 18.2 Å². The van der Waals surface area contributed by atoms with E-state index in [4.69, 9.17) is 15.2 Å². The van der Waals surface area contributed by atoms with E-state index < -0.39 is 0 Å². The molecule has 0 saturated heterocycles. The van der Waals surface area contributed by atoms with Crippen LogP contribution in [0.1, 0.15) is 44.1 Å². The molecule has 1 aliphatic rings. The van der Waals surface area contributed by atoms with Crippen molar-refractivity contribution in [1.29, 1.82) is 0 Å². The molecule has 8 heteroatoms. The summed E-state index contributed by atoms with van der Waals surface area (Å²) in [6, 6.07) is 5.79. The van der Waals surface area contributed by atoms with Gasteiger partial charge in [-0.2, -0.15) is 0 Å². The molecule has 0 spiro atoms. The highest BCUT2D eigenvalue weighted by atomic mass is 35.5. The lowest BCUT2D eigenvalue weighted by atomic mass is 9.71. The standard InChI is InChI=1S/C21H35N3O3.2ClH/c1-24(2)11-12-27-18-8-7-17(13-19(18)26-3)15-23-20(25)14-21(16-22)9-5-4-6-10-21;;/h7-8,13H,4-6,9-12,14-16,22H2,1-3H3,(H,23,25);2*1H. The molecule has 168 valence electrons. The van der Waals surface area contributed by atoms with Gasteiger partial charge in [0.05, 0.1) is 7.11 Å². The first-order chi connectivity index (χ1) is 13.0. The smallest absolute Gasteiger partial charge is 0.220 e. The average Bonchev–Trinajstić information content (AvgIpc) is 2.67. The van der Waals surface area contributed by atoms with Gasteiger partial charge < -0.3 is 25.4 Å². The number of halogens is 2. The summed E-state index contributed by atoms with van der Waals surface area (Å²) in [4.78, 5) is 14.5. The van der Waals surface area contributed by atoms with Gasteiger partial charge >= 0.3 is 0 Å². The zero-order valence-corrected chi connectivity index (χ0v) is 19.5. The van der Waals surface area contributed by atoms with Crippen molar-refractivity contribution in [2.75, 3.05) is 40.9 Å². The van der Waals surface area contributed by atoms with Gasteiger partial charge in [-0.25, -0.2) is 0 Å². The molecule has 0 aliphatic heterocycles. The van der Waals surface area contributed by atoms with Crippen LogP contribution in [0.5, 0.6) is 11.5 Å². The summed E-state index contributed by atoms with van der Waals surface area (Å²) in [5.74, 6) is 1.48. The largest absolute Gasteiger partial charge is 0.493 e. The molecular weight excluding hydrogens is 413 g/mol. The van der Waals surface area contributed by atoms with Crippen molar-refractivity contribution < 1.29 is 14.3 Å². The topological polar surface area (TPSA) is 76.8 Å². The second-order valence-electron chi connectivity index (χ2n) is 7.86. The van der Waals surface area contributed by atoms with Gasteiger partial charge in [0.1, 0.15) is 6.61 Å². The number of amides is 1. The number of likely N-dealkylation sites (N-methyl/N-ethyl adjacent to an activating group) is 1. The molecular formula is C21H37Cl2N3O3. The lowest BCUT2D eigenvalue weighted by Gasteiger charge is -2.35. The van der Waals surface area contributed by atoms with Gasteiger partial charge in [-0.3, -0.25) is 4.79 Å².